The summed E-state index contributed by atoms with van der Waals surface area (Å²) in [5, 5.41) is 0. The van der Waals surface area contributed by atoms with Crippen LogP contribution in [0.2, 0.25) is 0 Å². The molecule has 174 valence electrons. The molecule has 0 fully saturated rings. The van der Waals surface area contributed by atoms with Gasteiger partial charge in [0.15, 0.2) is 0 Å². The van der Waals surface area contributed by atoms with Gasteiger partial charge in [-0.15, -0.1) is 13.2 Å². The smallest absolute Gasteiger partial charge is 0.496 e. The Morgan fingerprint density at radius 1 is 1.03 bits per heavy atom. The standard InChI is InChI=1S/C24H23F3N2O4/c1-16-5-4-6-19(28-16)14-29(2)13-18-11-17(7-10-22(18)32-15-30)21-9-8-20(12-23(21)31-3)33-24(25,26)27/h4-12,15H,13-14H2,1-3H3. The molecule has 0 bridgehead atoms. The highest BCUT2D eigenvalue weighted by molar-refractivity contribution is 5.73. The largest absolute Gasteiger partial charge is 0.573 e. The number of aryl methyl sites for hydroxylation is 1. The fourth-order valence-corrected chi connectivity index (χ4v) is 3.46. The van der Waals surface area contributed by atoms with E-state index in [9.17, 15) is 18.0 Å². The zero-order valence-electron chi connectivity index (χ0n) is 18.3. The number of halogens is 3. The maximum absolute atomic E-state index is 12.6. The maximum Gasteiger partial charge on any atom is 0.573 e. The second-order valence-corrected chi connectivity index (χ2v) is 7.39. The first-order valence-electron chi connectivity index (χ1n) is 9.97. The second kappa shape index (κ2) is 10.4. The van der Waals surface area contributed by atoms with E-state index in [4.69, 9.17) is 9.47 Å². The highest BCUT2D eigenvalue weighted by Gasteiger charge is 2.31. The Morgan fingerprint density at radius 2 is 1.82 bits per heavy atom. The molecule has 0 aliphatic carbocycles. The summed E-state index contributed by atoms with van der Waals surface area (Å²) in [6, 6.07) is 14.8. The summed E-state index contributed by atoms with van der Waals surface area (Å²) >= 11 is 0. The van der Waals surface area contributed by atoms with Crippen molar-refractivity contribution in [3.8, 4) is 28.4 Å². The van der Waals surface area contributed by atoms with Gasteiger partial charge in [0.25, 0.3) is 6.47 Å². The van der Waals surface area contributed by atoms with Crippen LogP contribution in [0.5, 0.6) is 17.2 Å². The minimum atomic E-state index is -4.80. The van der Waals surface area contributed by atoms with Crippen molar-refractivity contribution in [2.24, 2.45) is 0 Å². The summed E-state index contributed by atoms with van der Waals surface area (Å²) in [6.07, 6.45) is -4.80. The van der Waals surface area contributed by atoms with Gasteiger partial charge in [-0.05, 0) is 55.9 Å². The van der Waals surface area contributed by atoms with Crippen molar-refractivity contribution in [2.45, 2.75) is 26.4 Å². The molecule has 2 aromatic carbocycles. The number of hydrogen-bond acceptors (Lipinski definition) is 6. The third-order valence-electron chi connectivity index (χ3n) is 4.77. The predicted octanol–water partition coefficient (Wildman–Crippen LogP) is 5.13. The molecule has 0 aliphatic rings. The van der Waals surface area contributed by atoms with Crippen LogP contribution in [-0.4, -0.2) is 36.9 Å². The van der Waals surface area contributed by atoms with Gasteiger partial charge in [0.05, 0.1) is 12.8 Å². The molecule has 0 amide bonds. The Morgan fingerprint density at radius 3 is 2.48 bits per heavy atom. The molecule has 0 unspecified atom stereocenters. The average molecular weight is 460 g/mol. The fourth-order valence-electron chi connectivity index (χ4n) is 3.46. The number of hydrogen-bond donors (Lipinski definition) is 0. The molecule has 33 heavy (non-hydrogen) atoms. The predicted molar refractivity (Wildman–Crippen MR) is 116 cm³/mol. The first kappa shape index (κ1) is 24.1. The van der Waals surface area contributed by atoms with Gasteiger partial charge in [-0.3, -0.25) is 14.7 Å². The molecule has 0 saturated carbocycles. The molecule has 3 aromatic rings. The minimum Gasteiger partial charge on any atom is -0.496 e. The molecular weight excluding hydrogens is 437 g/mol. The van der Waals surface area contributed by atoms with Crippen molar-refractivity contribution in [1.82, 2.24) is 9.88 Å². The Labute approximate surface area is 189 Å². The fraction of sp³-hybridized carbons (Fsp3) is 0.250. The van der Waals surface area contributed by atoms with Crippen molar-refractivity contribution in [3.63, 3.8) is 0 Å². The van der Waals surface area contributed by atoms with Gasteiger partial charge < -0.3 is 14.2 Å². The van der Waals surface area contributed by atoms with Gasteiger partial charge >= 0.3 is 6.36 Å². The maximum atomic E-state index is 12.6. The van der Waals surface area contributed by atoms with Crippen molar-refractivity contribution in [3.05, 3.63) is 71.5 Å². The van der Waals surface area contributed by atoms with Crippen LogP contribution in [0, 0.1) is 6.92 Å². The van der Waals surface area contributed by atoms with Gasteiger partial charge in [-0.2, -0.15) is 0 Å². The normalized spacial score (nSPS) is 11.4. The first-order valence-corrected chi connectivity index (χ1v) is 9.97. The van der Waals surface area contributed by atoms with Crippen molar-refractivity contribution >= 4 is 6.47 Å². The number of carbonyl (C=O) groups is 1. The van der Waals surface area contributed by atoms with Crippen LogP contribution in [0.1, 0.15) is 17.0 Å². The summed E-state index contributed by atoms with van der Waals surface area (Å²) in [4.78, 5) is 17.5. The van der Waals surface area contributed by atoms with Crippen molar-refractivity contribution in [2.75, 3.05) is 14.2 Å². The van der Waals surface area contributed by atoms with E-state index in [-0.39, 0.29) is 11.5 Å². The zero-order valence-corrected chi connectivity index (χ0v) is 18.3. The van der Waals surface area contributed by atoms with Crippen molar-refractivity contribution < 1.29 is 32.2 Å². The molecule has 0 N–H and O–H groups in total. The van der Waals surface area contributed by atoms with E-state index in [1.54, 1.807) is 18.2 Å². The number of nitrogens with zero attached hydrogens (tertiary/aromatic N) is 2. The summed E-state index contributed by atoms with van der Waals surface area (Å²) in [6.45, 7) is 3.27. The van der Waals surface area contributed by atoms with Gasteiger partial charge in [-0.25, -0.2) is 0 Å². The van der Waals surface area contributed by atoms with Crippen LogP contribution in [-0.2, 0) is 17.9 Å². The molecule has 0 spiro atoms. The molecule has 0 radical (unpaired) electrons. The van der Waals surface area contributed by atoms with Crippen LogP contribution >= 0.6 is 0 Å². The topological polar surface area (TPSA) is 60.9 Å². The quantitative estimate of drug-likeness (QED) is 0.413. The SMILES string of the molecule is COc1cc(OC(F)(F)F)ccc1-c1ccc(OC=O)c(CN(C)Cc2cccc(C)n2)c1. The van der Waals surface area contributed by atoms with E-state index in [0.717, 1.165) is 11.4 Å². The molecule has 0 atom stereocenters. The number of alkyl halides is 3. The monoisotopic (exact) mass is 460 g/mol. The van der Waals surface area contributed by atoms with Gasteiger partial charge in [0.2, 0.25) is 0 Å². The first-order chi connectivity index (χ1) is 15.7. The minimum absolute atomic E-state index is 0.212. The van der Waals surface area contributed by atoms with Crippen LogP contribution in [0.15, 0.2) is 54.6 Å². The van der Waals surface area contributed by atoms with E-state index in [0.29, 0.717) is 42.0 Å². The zero-order chi connectivity index (χ0) is 24.0. The van der Waals surface area contributed by atoms with Crippen LogP contribution < -0.4 is 14.2 Å². The Hall–Kier alpha value is -3.59. The van der Waals surface area contributed by atoms with Crippen LogP contribution in [0.4, 0.5) is 13.2 Å². The average Bonchev–Trinajstić information content (AvgIpc) is 2.74. The Balaban J connectivity index is 1.90. The molecule has 3 rings (SSSR count). The number of carbonyl (C=O) groups excluding carboxylic acids is 1. The van der Waals surface area contributed by atoms with Gasteiger partial charge in [0, 0.05) is 36.0 Å². The number of ether oxygens (including phenoxy) is 3. The number of benzene rings is 2. The van der Waals surface area contributed by atoms with Gasteiger partial charge in [0.1, 0.15) is 17.2 Å². The number of methoxy groups -OCH3 is 1. The lowest BCUT2D eigenvalue weighted by Crippen LogP contribution is -2.18. The van der Waals surface area contributed by atoms with E-state index >= 15 is 0 Å². The number of rotatable bonds is 9. The third-order valence-corrected chi connectivity index (χ3v) is 4.77. The highest BCUT2D eigenvalue weighted by atomic mass is 19.4. The summed E-state index contributed by atoms with van der Waals surface area (Å²) < 4.78 is 52.1. The summed E-state index contributed by atoms with van der Waals surface area (Å²) in [7, 11) is 3.27. The van der Waals surface area contributed by atoms with E-state index in [1.165, 1.54) is 25.3 Å². The Bertz CT molecular complexity index is 1120. The van der Waals surface area contributed by atoms with Crippen molar-refractivity contribution in [1.29, 1.82) is 0 Å². The lowest BCUT2D eigenvalue weighted by molar-refractivity contribution is -0.274. The van der Waals surface area contributed by atoms with E-state index in [2.05, 4.69) is 9.72 Å². The molecular formula is C24H23F3N2O4. The number of aromatic nitrogens is 1. The lowest BCUT2D eigenvalue weighted by Gasteiger charge is -2.19. The lowest BCUT2D eigenvalue weighted by atomic mass is 10.0. The van der Waals surface area contributed by atoms with E-state index < -0.39 is 6.36 Å². The van der Waals surface area contributed by atoms with Gasteiger partial charge in [-0.1, -0.05) is 12.1 Å². The van der Waals surface area contributed by atoms with E-state index in [1.807, 2.05) is 37.1 Å². The molecule has 6 nitrogen and oxygen atoms in total. The van der Waals surface area contributed by atoms with Crippen LogP contribution in [0.25, 0.3) is 11.1 Å². The Kier molecular flexibility index (Phi) is 7.55. The number of pyridine rings is 1. The third kappa shape index (κ3) is 6.69. The highest BCUT2D eigenvalue weighted by Crippen LogP contribution is 2.37. The molecule has 0 saturated heterocycles. The second-order valence-electron chi connectivity index (χ2n) is 7.39. The summed E-state index contributed by atoms with van der Waals surface area (Å²) in [5.74, 6) is 0.215. The molecule has 0 aliphatic heterocycles. The van der Waals surface area contributed by atoms with Crippen LogP contribution in [0.3, 0.4) is 0 Å². The molecule has 1 aromatic heterocycles. The molecule has 1 heterocycles. The molecule has 9 heteroatoms. The summed E-state index contributed by atoms with van der Waals surface area (Å²) in [5.41, 5.74) is 3.77.